The van der Waals surface area contributed by atoms with Gasteiger partial charge in [-0.3, -0.25) is 19.2 Å². The summed E-state index contributed by atoms with van der Waals surface area (Å²) in [5.41, 5.74) is -7.67. The molecule has 0 aromatic rings. The molecule has 2 saturated carbocycles. The second kappa shape index (κ2) is 12.3. The largest absolute Gasteiger partial charge is 0.466 e. The smallest absolute Gasteiger partial charge is 0.344 e. The Bertz CT molecular complexity index is 1080. The van der Waals surface area contributed by atoms with Gasteiger partial charge in [0.25, 0.3) is 0 Å². The summed E-state index contributed by atoms with van der Waals surface area (Å²) in [6.07, 6.45) is 0. The van der Waals surface area contributed by atoms with E-state index in [1.807, 2.05) is 0 Å². The maximum atomic E-state index is 14.0. The summed E-state index contributed by atoms with van der Waals surface area (Å²) in [6.45, 7) is 2.05. The van der Waals surface area contributed by atoms with Gasteiger partial charge in [0.1, 0.15) is 10.8 Å². The Balaban J connectivity index is 2.75. The van der Waals surface area contributed by atoms with Crippen molar-refractivity contribution in [2.45, 2.75) is 27.7 Å². The average Bonchev–Trinajstić information content (AvgIpc) is 3.71. The Kier molecular flexibility index (Phi) is 9.97. The summed E-state index contributed by atoms with van der Waals surface area (Å²) in [4.78, 5) is 102. The molecular weight excluding hydrogens is 568 g/mol. The van der Waals surface area contributed by atoms with Gasteiger partial charge in [0.2, 0.25) is 0 Å². The lowest BCUT2D eigenvalue weighted by Gasteiger charge is -2.30. The Labute approximate surface area is 240 Å². The van der Waals surface area contributed by atoms with Crippen LogP contribution in [0.2, 0.25) is 0 Å². The minimum atomic E-state index is -2.28. The van der Waals surface area contributed by atoms with Gasteiger partial charge in [-0.2, -0.15) is 0 Å². The van der Waals surface area contributed by atoms with Crippen LogP contribution in [-0.4, -0.2) is 103 Å². The maximum Gasteiger partial charge on any atom is 0.344 e. The molecule has 0 amide bonds. The Morgan fingerprint density at radius 1 is 0.452 bits per heavy atom. The number of methoxy groups -OCH3 is 4. The molecule has 0 radical (unpaired) electrons. The molecule has 0 heterocycles. The van der Waals surface area contributed by atoms with Crippen LogP contribution in [0.1, 0.15) is 27.7 Å². The summed E-state index contributed by atoms with van der Waals surface area (Å²) < 4.78 is 38.5. The molecule has 0 unspecified atom stereocenters. The Morgan fingerprint density at radius 3 is 0.929 bits per heavy atom. The Morgan fingerprint density at radius 2 is 0.690 bits per heavy atom. The van der Waals surface area contributed by atoms with Gasteiger partial charge in [0.05, 0.1) is 40.3 Å². The van der Waals surface area contributed by atoms with E-state index in [9.17, 15) is 38.4 Å². The van der Waals surface area contributed by atoms with Crippen LogP contribution in [0.3, 0.4) is 0 Å². The lowest BCUT2D eigenvalue weighted by molar-refractivity contribution is -0.178. The van der Waals surface area contributed by atoms with Crippen LogP contribution in [0, 0.1) is 33.5 Å². The zero-order valence-corrected chi connectivity index (χ0v) is 24.5. The van der Waals surface area contributed by atoms with E-state index in [4.69, 9.17) is 18.9 Å². The molecule has 2 aliphatic rings. The molecule has 0 aromatic carbocycles. The van der Waals surface area contributed by atoms with Gasteiger partial charge in [-0.15, -0.1) is 0 Å². The predicted octanol–water partition coefficient (Wildman–Crippen LogP) is -0.864. The zero-order chi connectivity index (χ0) is 32.3. The molecule has 2 fully saturated rings. The quantitative estimate of drug-likeness (QED) is 0.185. The first-order chi connectivity index (χ1) is 19.5. The molecule has 16 heteroatoms. The van der Waals surface area contributed by atoms with E-state index in [1.165, 1.54) is 27.7 Å². The van der Waals surface area contributed by atoms with Crippen molar-refractivity contribution in [1.82, 2.24) is 0 Å². The number of hydrogen-bond donors (Lipinski definition) is 0. The summed E-state index contributed by atoms with van der Waals surface area (Å²) in [7, 11) is 4.16. The van der Waals surface area contributed by atoms with Crippen molar-refractivity contribution in [2.75, 3.05) is 54.9 Å². The van der Waals surface area contributed by atoms with E-state index in [1.54, 1.807) is 0 Å². The highest BCUT2D eigenvalue weighted by molar-refractivity contribution is 6.06. The van der Waals surface area contributed by atoms with Crippen LogP contribution >= 0.6 is 0 Å². The van der Waals surface area contributed by atoms with E-state index in [0.717, 1.165) is 28.4 Å². The van der Waals surface area contributed by atoms with E-state index in [0.29, 0.717) is 0 Å². The first kappa shape index (κ1) is 34.0. The van der Waals surface area contributed by atoms with Gasteiger partial charge in [0.15, 0.2) is 26.4 Å². The summed E-state index contributed by atoms with van der Waals surface area (Å²) in [5, 5.41) is 0. The molecule has 0 saturated heterocycles. The molecule has 0 aliphatic heterocycles. The lowest BCUT2D eigenvalue weighted by Crippen LogP contribution is -2.46. The van der Waals surface area contributed by atoms with Gasteiger partial charge < -0.3 is 37.9 Å². The predicted molar refractivity (Wildman–Crippen MR) is 131 cm³/mol. The molecular formula is C26H34O16. The van der Waals surface area contributed by atoms with Gasteiger partial charge >= 0.3 is 47.8 Å². The van der Waals surface area contributed by atoms with E-state index in [2.05, 4.69) is 18.9 Å². The molecule has 2 rings (SSSR count). The number of carbonyl (C=O) groups is 8. The maximum absolute atomic E-state index is 14.0. The van der Waals surface area contributed by atoms with Crippen molar-refractivity contribution in [3.8, 4) is 0 Å². The van der Waals surface area contributed by atoms with Crippen LogP contribution in [0.4, 0.5) is 0 Å². The molecule has 42 heavy (non-hydrogen) atoms. The molecule has 0 aromatic heterocycles. The van der Waals surface area contributed by atoms with Gasteiger partial charge in [-0.05, 0) is 10.8 Å². The molecule has 0 spiro atoms. The van der Waals surface area contributed by atoms with E-state index < -0.39 is 108 Å². The second-order valence-corrected chi connectivity index (χ2v) is 10.6. The molecule has 2 aliphatic carbocycles. The van der Waals surface area contributed by atoms with Crippen LogP contribution in [0.15, 0.2) is 0 Å². The van der Waals surface area contributed by atoms with Gasteiger partial charge in [-0.25, -0.2) is 19.2 Å². The first-order valence-corrected chi connectivity index (χ1v) is 12.4. The number of rotatable bonds is 13. The average molecular weight is 603 g/mol. The normalized spacial score (nSPS) is 25.9. The minimum absolute atomic E-state index is 0.844. The van der Waals surface area contributed by atoms with Crippen molar-refractivity contribution in [3.05, 3.63) is 0 Å². The van der Waals surface area contributed by atoms with E-state index >= 15 is 0 Å². The van der Waals surface area contributed by atoms with Crippen molar-refractivity contribution >= 4 is 47.8 Å². The monoisotopic (exact) mass is 602 g/mol. The Hall–Kier alpha value is -4.24. The number of ether oxygens (including phenoxy) is 8. The van der Waals surface area contributed by atoms with Crippen molar-refractivity contribution in [1.29, 1.82) is 0 Å². The SMILES string of the molecule is COC(=O)COC(=O)[C@@H]1C(C)(C)[C@@]1(C(=O)OCC(=O)OC)[C@@]1(C(=O)OCC(=O)OC)[C@H](C(=O)OCC(=O)OC)C1(C)C. The molecule has 4 atom stereocenters. The van der Waals surface area contributed by atoms with Crippen LogP contribution < -0.4 is 0 Å². The second-order valence-electron chi connectivity index (χ2n) is 10.6. The summed E-state index contributed by atoms with van der Waals surface area (Å²) in [6, 6.07) is 0. The standard InChI is InChI=1S/C26H34O16/c1-23(2)17(19(31)39-9-13(27)35-5)25(23,21(33)41-11-15(29)37-7)26(22(34)42-12-16(30)38-8)18(24(26,3)4)20(32)40-10-14(28)36-6/h17-18H,9-12H2,1-8H3/t17-,18-,25-,26-/m1/s1. The molecule has 16 nitrogen and oxygen atoms in total. The van der Waals surface area contributed by atoms with Gasteiger partial charge in [0, 0.05) is 0 Å². The zero-order valence-electron chi connectivity index (χ0n) is 24.5. The number of hydrogen-bond acceptors (Lipinski definition) is 16. The highest BCUT2D eigenvalue weighted by Gasteiger charge is 3.00. The fourth-order valence-corrected chi connectivity index (χ4v) is 6.16. The molecule has 234 valence electrons. The lowest BCUT2D eigenvalue weighted by atomic mass is 9.73. The fraction of sp³-hybridized carbons (Fsp3) is 0.692. The number of esters is 8. The minimum Gasteiger partial charge on any atom is -0.466 e. The summed E-state index contributed by atoms with van der Waals surface area (Å²) >= 11 is 0. The van der Waals surface area contributed by atoms with E-state index in [-0.39, 0.29) is 0 Å². The third kappa shape index (κ3) is 5.25. The fourth-order valence-electron chi connectivity index (χ4n) is 6.16. The van der Waals surface area contributed by atoms with Crippen molar-refractivity contribution in [2.24, 2.45) is 33.5 Å². The highest BCUT2D eigenvalue weighted by atomic mass is 16.6. The van der Waals surface area contributed by atoms with Crippen LogP contribution in [-0.2, 0) is 76.3 Å². The van der Waals surface area contributed by atoms with Gasteiger partial charge in [-0.1, -0.05) is 27.7 Å². The third-order valence-electron chi connectivity index (χ3n) is 8.13. The van der Waals surface area contributed by atoms with Crippen molar-refractivity contribution < 1.29 is 76.3 Å². The molecule has 0 N–H and O–H groups in total. The first-order valence-electron chi connectivity index (χ1n) is 12.4. The third-order valence-corrected chi connectivity index (χ3v) is 8.13. The van der Waals surface area contributed by atoms with Crippen molar-refractivity contribution in [3.63, 3.8) is 0 Å². The molecule has 0 bridgehead atoms. The topological polar surface area (TPSA) is 210 Å². The van der Waals surface area contributed by atoms with Crippen LogP contribution in [0.25, 0.3) is 0 Å². The van der Waals surface area contributed by atoms with Crippen LogP contribution in [0.5, 0.6) is 0 Å². The summed E-state index contributed by atoms with van der Waals surface area (Å²) in [5.74, 6) is -11.7. The number of carbonyl (C=O) groups excluding carboxylic acids is 8. The highest BCUT2D eigenvalue weighted by Crippen LogP contribution is 2.90.